The molecule has 13 nitrogen and oxygen atoms in total. The van der Waals surface area contributed by atoms with Gasteiger partial charge in [0.05, 0.1) is 40.4 Å². The summed E-state index contributed by atoms with van der Waals surface area (Å²) >= 11 is 0. The van der Waals surface area contributed by atoms with Crippen LogP contribution in [-0.4, -0.2) is 90.3 Å². The van der Waals surface area contributed by atoms with E-state index in [1.54, 1.807) is 32.0 Å². The third-order valence-electron chi connectivity index (χ3n) is 12.7. The van der Waals surface area contributed by atoms with Gasteiger partial charge in [-0.05, 0) is 113 Å². The van der Waals surface area contributed by atoms with E-state index in [0.717, 1.165) is 62.6 Å². The van der Waals surface area contributed by atoms with Crippen LogP contribution >= 0.6 is 0 Å². The molecule has 61 heavy (non-hydrogen) atoms. The highest BCUT2D eigenvalue weighted by Crippen LogP contribution is 2.37. The predicted molar refractivity (Wildman–Crippen MR) is 226 cm³/mol. The van der Waals surface area contributed by atoms with Crippen LogP contribution in [0.25, 0.3) is 16.4 Å². The first kappa shape index (κ1) is 42.1. The Bertz CT molecular complexity index is 2500. The number of piperidine rings is 1. The molecule has 0 spiro atoms. The molecule has 0 bridgehead atoms. The summed E-state index contributed by atoms with van der Waals surface area (Å²) in [5.74, 6) is -3.45. The minimum atomic E-state index is -1.27. The van der Waals surface area contributed by atoms with E-state index in [0.29, 0.717) is 64.6 Å². The largest absolute Gasteiger partial charge is 0.386 e. The third-order valence-corrected chi connectivity index (χ3v) is 12.7. The predicted octanol–water partition coefficient (Wildman–Crippen LogP) is 6.59. The van der Waals surface area contributed by atoms with Gasteiger partial charge in [-0.15, -0.1) is 0 Å². The van der Waals surface area contributed by atoms with Gasteiger partial charge < -0.3 is 15.3 Å². The van der Waals surface area contributed by atoms with Crippen molar-refractivity contribution in [3.05, 3.63) is 94.4 Å². The zero-order valence-corrected chi connectivity index (χ0v) is 35.1. The molecular formula is C46H53F2N9O4. The number of hydrogen-bond acceptors (Lipinski definition) is 9. The Morgan fingerprint density at radius 3 is 2.46 bits per heavy atom. The maximum absolute atomic E-state index is 15.2. The number of carbonyl (C=O) groups is 3. The number of nitrogens with one attached hydrogen (secondary N) is 2. The van der Waals surface area contributed by atoms with E-state index in [4.69, 9.17) is 5.10 Å². The van der Waals surface area contributed by atoms with Crippen LogP contribution < -0.4 is 10.6 Å². The number of carbonyl (C=O) groups excluding carboxylic acids is 3. The van der Waals surface area contributed by atoms with Crippen LogP contribution in [0.3, 0.4) is 0 Å². The Morgan fingerprint density at radius 1 is 1.03 bits per heavy atom. The molecule has 8 rings (SSSR count). The van der Waals surface area contributed by atoms with E-state index in [1.165, 1.54) is 22.8 Å². The maximum Gasteiger partial charge on any atom is 0.274 e. The van der Waals surface area contributed by atoms with Gasteiger partial charge in [-0.1, -0.05) is 13.8 Å². The van der Waals surface area contributed by atoms with Crippen molar-refractivity contribution in [3.8, 4) is 6.07 Å². The summed E-state index contributed by atoms with van der Waals surface area (Å²) in [7, 11) is 0. The number of halogens is 2. The van der Waals surface area contributed by atoms with Crippen molar-refractivity contribution in [3.63, 3.8) is 0 Å². The van der Waals surface area contributed by atoms with Crippen LogP contribution in [0.2, 0.25) is 0 Å². The van der Waals surface area contributed by atoms with Crippen LogP contribution in [0.4, 0.5) is 14.5 Å². The fraction of sp³-hybridized carbons (Fsp3) is 0.478. The topological polar surface area (TPSA) is 161 Å². The van der Waals surface area contributed by atoms with Gasteiger partial charge in [0.15, 0.2) is 0 Å². The first-order valence-corrected chi connectivity index (χ1v) is 21.4. The van der Waals surface area contributed by atoms with E-state index < -0.39 is 40.9 Å². The number of piperazine rings is 1. The molecule has 3 aliphatic rings. The molecule has 5 aromatic rings. The number of benzene rings is 2. The van der Waals surface area contributed by atoms with Gasteiger partial charge in [-0.25, -0.2) is 13.3 Å². The Morgan fingerprint density at radius 2 is 1.77 bits per heavy atom. The Hall–Kier alpha value is -5.56. The van der Waals surface area contributed by atoms with Crippen LogP contribution in [0.15, 0.2) is 54.9 Å². The smallest absolute Gasteiger partial charge is 0.274 e. The summed E-state index contributed by atoms with van der Waals surface area (Å²) in [5, 5.41) is 35.7. The lowest BCUT2D eigenvalue weighted by Crippen LogP contribution is -2.57. The summed E-state index contributed by atoms with van der Waals surface area (Å²) in [6, 6.07) is 14.5. The van der Waals surface area contributed by atoms with Crippen molar-refractivity contribution in [2.75, 3.05) is 31.5 Å². The van der Waals surface area contributed by atoms with Crippen molar-refractivity contribution < 1.29 is 28.3 Å². The molecule has 320 valence electrons. The number of imide groups is 1. The second-order valence-electron chi connectivity index (χ2n) is 18.0. The molecule has 3 N–H and O–H groups in total. The first-order valence-electron chi connectivity index (χ1n) is 21.4. The summed E-state index contributed by atoms with van der Waals surface area (Å²) in [5.41, 5.74) is 2.11. The Balaban J connectivity index is 0.905. The van der Waals surface area contributed by atoms with Crippen molar-refractivity contribution >= 4 is 39.8 Å². The fourth-order valence-corrected chi connectivity index (χ4v) is 9.70. The monoisotopic (exact) mass is 833 g/mol. The van der Waals surface area contributed by atoms with E-state index in [9.17, 15) is 24.8 Å². The van der Waals surface area contributed by atoms with E-state index >= 15 is 8.78 Å². The molecular weight excluding hydrogens is 781 g/mol. The number of rotatable bonds is 11. The van der Waals surface area contributed by atoms with E-state index in [1.807, 2.05) is 23.0 Å². The van der Waals surface area contributed by atoms with Crippen molar-refractivity contribution in [1.82, 2.24) is 34.5 Å². The van der Waals surface area contributed by atoms with E-state index in [-0.39, 0.29) is 24.4 Å². The lowest BCUT2D eigenvalue weighted by molar-refractivity contribution is -0.134. The zero-order chi connectivity index (χ0) is 43.2. The number of nitrogens with zero attached hydrogens (tertiary/aromatic N) is 7. The number of anilines is 1. The van der Waals surface area contributed by atoms with Gasteiger partial charge in [0.25, 0.3) is 5.91 Å². The molecule has 0 unspecified atom stereocenters. The van der Waals surface area contributed by atoms with Gasteiger partial charge >= 0.3 is 0 Å². The molecule has 3 aromatic heterocycles. The molecule has 2 aliphatic heterocycles. The van der Waals surface area contributed by atoms with Gasteiger partial charge in [0.1, 0.15) is 23.4 Å². The highest BCUT2D eigenvalue weighted by molar-refractivity contribution is 6.05. The SMILES string of the molecule is CC(C)C[C@H]1CN(CCc2cc(F)c([C@H]3CCC(=O)NC3=O)c(F)c2)CCN1C1CCC(n2cc3cc(NC(=O)c4ccc5cc(C#N)cnn45)c(C(C)(C)O)cc3n2)CC1. The molecule has 3 fully saturated rings. The second kappa shape index (κ2) is 17.1. The Kier molecular flexibility index (Phi) is 11.8. The van der Waals surface area contributed by atoms with E-state index in [2.05, 4.69) is 45.4 Å². The number of hydrogen-bond donors (Lipinski definition) is 3. The van der Waals surface area contributed by atoms with Gasteiger partial charge in [0, 0.05) is 73.1 Å². The second-order valence-corrected chi connectivity index (χ2v) is 18.0. The minimum absolute atomic E-state index is 0.0563. The molecule has 3 amide bonds. The average molecular weight is 834 g/mol. The number of nitriles is 1. The molecule has 15 heteroatoms. The minimum Gasteiger partial charge on any atom is -0.386 e. The summed E-state index contributed by atoms with van der Waals surface area (Å²) in [6.45, 7) is 11.2. The zero-order valence-electron chi connectivity index (χ0n) is 35.1. The molecule has 5 heterocycles. The standard InChI is InChI=1S/C46H53F2N9O4/c1-27(2)17-34-26-54(14-13-28-19-37(47)43(38(48)20-28)35-10-12-42(58)52-44(35)59)15-16-55(34)31-5-7-32(8-6-31)56-25-30-21-40(36(46(3,4)61)22-39(30)53-56)51-45(60)41-11-9-33-18-29(23-49)24-50-57(33)41/h9,11,18-22,24-25,27,31-32,34-35,61H,5-8,10,12-17,26H2,1-4H3,(H,51,60)(H,52,58,59)/t31?,32?,34-,35+/m0/s1. The van der Waals surface area contributed by atoms with Crippen molar-refractivity contribution in [2.45, 2.75) is 109 Å². The van der Waals surface area contributed by atoms with Crippen molar-refractivity contribution in [1.29, 1.82) is 5.26 Å². The highest BCUT2D eigenvalue weighted by Gasteiger charge is 2.36. The maximum atomic E-state index is 15.2. The first-order chi connectivity index (χ1) is 29.1. The van der Waals surface area contributed by atoms with Crippen LogP contribution in [-0.2, 0) is 21.6 Å². The van der Waals surface area contributed by atoms with Gasteiger partial charge in [-0.3, -0.25) is 29.3 Å². The van der Waals surface area contributed by atoms with Crippen LogP contribution in [0.1, 0.15) is 117 Å². The van der Waals surface area contributed by atoms with Gasteiger partial charge in [-0.2, -0.15) is 15.5 Å². The summed E-state index contributed by atoms with van der Waals surface area (Å²) in [6.07, 6.45) is 9.10. The Labute approximate surface area is 353 Å². The lowest BCUT2D eigenvalue weighted by Gasteiger charge is -2.47. The quantitative estimate of drug-likeness (QED) is 0.125. The van der Waals surface area contributed by atoms with Crippen LogP contribution in [0, 0.1) is 28.9 Å². The van der Waals surface area contributed by atoms with Gasteiger partial charge in [0.2, 0.25) is 11.8 Å². The highest BCUT2D eigenvalue weighted by atomic mass is 19.1. The number of amides is 3. The van der Waals surface area contributed by atoms with Crippen molar-refractivity contribution in [2.24, 2.45) is 5.92 Å². The molecule has 2 aromatic carbocycles. The number of aliphatic hydroxyl groups is 1. The third kappa shape index (κ3) is 8.94. The summed E-state index contributed by atoms with van der Waals surface area (Å²) in [4.78, 5) is 42.6. The number of fused-ring (bicyclic) bond motifs is 2. The molecule has 1 saturated carbocycles. The lowest BCUT2D eigenvalue weighted by atomic mass is 9.87. The molecule has 2 saturated heterocycles. The number of aromatic nitrogens is 4. The molecule has 2 atom stereocenters. The summed E-state index contributed by atoms with van der Waals surface area (Å²) < 4.78 is 34.0. The molecule has 0 radical (unpaired) electrons. The van der Waals surface area contributed by atoms with Crippen LogP contribution in [0.5, 0.6) is 0 Å². The fourth-order valence-electron chi connectivity index (χ4n) is 9.70. The average Bonchev–Trinajstić information content (AvgIpc) is 3.84. The molecule has 1 aliphatic carbocycles. The normalized spacial score (nSPS) is 21.9.